The molecule has 12 heavy (non-hydrogen) atoms. The minimum absolute atomic E-state index is 0.0421. The smallest absolute Gasteiger partial charge is 0.341 e. The zero-order valence-corrected chi connectivity index (χ0v) is 6.49. The van der Waals surface area contributed by atoms with Gasteiger partial charge < -0.3 is 14.9 Å². The summed E-state index contributed by atoms with van der Waals surface area (Å²) in [5.74, 6) is -1.61. The van der Waals surface area contributed by atoms with Gasteiger partial charge in [-0.15, -0.1) is 0 Å². The van der Waals surface area contributed by atoms with E-state index in [1.54, 1.807) is 0 Å². The van der Waals surface area contributed by atoms with E-state index in [0.717, 1.165) is 0 Å². The third-order valence-electron chi connectivity index (χ3n) is 2.05. The van der Waals surface area contributed by atoms with Gasteiger partial charge in [0.05, 0.1) is 0 Å². The second-order valence-corrected chi connectivity index (χ2v) is 2.92. The van der Waals surface area contributed by atoms with E-state index in [9.17, 15) is 14.3 Å². The van der Waals surface area contributed by atoms with Crippen LogP contribution in [0.5, 0.6) is 0 Å². The summed E-state index contributed by atoms with van der Waals surface area (Å²) in [6.45, 7) is 0.425. The van der Waals surface area contributed by atoms with Crippen molar-refractivity contribution in [2.45, 2.75) is 24.6 Å². The number of carbonyl (C=O) groups is 1. The summed E-state index contributed by atoms with van der Waals surface area (Å²) in [6.07, 6.45) is -2.12. The molecule has 0 aromatic carbocycles. The molecule has 0 aliphatic carbocycles. The number of halogens is 1. The van der Waals surface area contributed by atoms with Crippen molar-refractivity contribution in [2.75, 3.05) is 13.2 Å². The average molecular weight is 178 g/mol. The van der Waals surface area contributed by atoms with E-state index in [2.05, 4.69) is 0 Å². The van der Waals surface area contributed by atoms with Crippen molar-refractivity contribution in [1.82, 2.24) is 0 Å². The molecule has 0 aromatic heterocycles. The highest BCUT2D eigenvalue weighted by Crippen LogP contribution is 2.26. The van der Waals surface area contributed by atoms with Gasteiger partial charge in [0.1, 0.15) is 5.60 Å². The Kier molecular flexibility index (Phi) is 2.64. The second-order valence-electron chi connectivity index (χ2n) is 2.92. The van der Waals surface area contributed by atoms with Crippen molar-refractivity contribution in [3.63, 3.8) is 0 Å². The third kappa shape index (κ3) is 1.73. The first-order chi connectivity index (χ1) is 5.56. The van der Waals surface area contributed by atoms with Crippen LogP contribution in [0.1, 0.15) is 12.8 Å². The fourth-order valence-corrected chi connectivity index (χ4v) is 1.21. The maximum Gasteiger partial charge on any atom is 0.341 e. The highest BCUT2D eigenvalue weighted by atomic mass is 19.1. The van der Waals surface area contributed by atoms with Gasteiger partial charge in [-0.3, -0.25) is 0 Å². The van der Waals surface area contributed by atoms with Crippen LogP contribution in [-0.4, -0.2) is 41.2 Å². The van der Waals surface area contributed by atoms with Crippen LogP contribution in [-0.2, 0) is 9.53 Å². The first-order valence-corrected chi connectivity index (χ1v) is 3.73. The third-order valence-corrected chi connectivity index (χ3v) is 2.05. The van der Waals surface area contributed by atoms with E-state index in [0.29, 0.717) is 0 Å². The number of aliphatic hydroxyl groups is 1. The fourth-order valence-electron chi connectivity index (χ4n) is 1.21. The minimum atomic E-state index is -2.21. The first-order valence-electron chi connectivity index (χ1n) is 3.73. The summed E-state index contributed by atoms with van der Waals surface area (Å²) in [5, 5.41) is 17.8. The lowest BCUT2D eigenvalue weighted by molar-refractivity contribution is -0.162. The second kappa shape index (κ2) is 3.37. The van der Waals surface area contributed by atoms with Crippen molar-refractivity contribution >= 4 is 5.97 Å². The summed E-state index contributed by atoms with van der Waals surface area (Å²) in [4.78, 5) is 10.2. The number of hydrogen-bond donors (Lipinski definition) is 2. The molecular weight excluding hydrogens is 167 g/mol. The number of aliphatic carboxylic acids is 1. The molecule has 70 valence electrons. The Morgan fingerprint density at radius 2 is 2.00 bits per heavy atom. The van der Waals surface area contributed by atoms with E-state index in [4.69, 9.17) is 9.84 Å². The zero-order valence-electron chi connectivity index (χ0n) is 6.49. The Bertz CT molecular complexity index is 176. The molecule has 0 saturated carbocycles. The molecule has 1 aliphatic rings. The lowest BCUT2D eigenvalue weighted by atomic mass is 9.89. The summed E-state index contributed by atoms with van der Waals surface area (Å²) < 4.78 is 17.8. The van der Waals surface area contributed by atoms with Gasteiger partial charge in [0.25, 0.3) is 0 Å². The molecule has 0 aromatic rings. The SMILES string of the molecule is O=C(O)C(F)C1(O)CCOCC1. The summed E-state index contributed by atoms with van der Waals surface area (Å²) in [6, 6.07) is 0. The van der Waals surface area contributed by atoms with Crippen LogP contribution in [0.15, 0.2) is 0 Å². The Morgan fingerprint density at radius 1 is 1.50 bits per heavy atom. The summed E-state index contributed by atoms with van der Waals surface area (Å²) in [5.41, 5.74) is -1.73. The molecule has 5 heteroatoms. The molecule has 1 atom stereocenters. The van der Waals surface area contributed by atoms with Gasteiger partial charge in [0.2, 0.25) is 6.17 Å². The molecule has 1 unspecified atom stereocenters. The zero-order chi connectivity index (χ0) is 9.19. The molecule has 0 radical (unpaired) electrons. The van der Waals surface area contributed by atoms with Crippen molar-refractivity contribution in [1.29, 1.82) is 0 Å². The van der Waals surface area contributed by atoms with Crippen LogP contribution in [0.3, 0.4) is 0 Å². The molecule has 2 N–H and O–H groups in total. The van der Waals surface area contributed by atoms with E-state index < -0.39 is 17.7 Å². The number of carboxylic acid groups (broad SMARTS) is 1. The predicted molar refractivity (Wildman–Crippen MR) is 37.5 cm³/mol. The Balaban J connectivity index is 2.62. The molecule has 0 bridgehead atoms. The Labute approximate surface area is 69.0 Å². The standard InChI is InChI=1S/C7H11FO4/c8-5(6(9)10)7(11)1-3-12-4-2-7/h5,11H,1-4H2,(H,9,10). The lowest BCUT2D eigenvalue weighted by Gasteiger charge is -2.32. The monoisotopic (exact) mass is 178 g/mol. The van der Waals surface area contributed by atoms with Crippen LogP contribution in [0, 0.1) is 0 Å². The van der Waals surface area contributed by atoms with Gasteiger partial charge in [0, 0.05) is 26.1 Å². The fraction of sp³-hybridized carbons (Fsp3) is 0.857. The van der Waals surface area contributed by atoms with Crippen molar-refractivity contribution in [3.8, 4) is 0 Å². The van der Waals surface area contributed by atoms with Gasteiger partial charge in [-0.25, -0.2) is 9.18 Å². The summed E-state index contributed by atoms with van der Waals surface area (Å²) >= 11 is 0. The number of rotatable bonds is 2. The van der Waals surface area contributed by atoms with E-state index in [1.165, 1.54) is 0 Å². The van der Waals surface area contributed by atoms with Gasteiger partial charge in [-0.05, 0) is 0 Å². The number of carboxylic acids is 1. The van der Waals surface area contributed by atoms with Gasteiger partial charge in [0.15, 0.2) is 0 Å². The van der Waals surface area contributed by atoms with Crippen LogP contribution in [0.25, 0.3) is 0 Å². The quantitative estimate of drug-likeness (QED) is 0.622. The molecule has 1 saturated heterocycles. The molecule has 1 rings (SSSR count). The molecule has 1 fully saturated rings. The average Bonchev–Trinajstić information content (AvgIpc) is 2.04. The van der Waals surface area contributed by atoms with Crippen molar-refractivity contribution in [2.24, 2.45) is 0 Å². The van der Waals surface area contributed by atoms with Crippen molar-refractivity contribution < 1.29 is 24.1 Å². The van der Waals surface area contributed by atoms with Gasteiger partial charge >= 0.3 is 5.97 Å². The molecule has 4 nitrogen and oxygen atoms in total. The topological polar surface area (TPSA) is 66.8 Å². The molecule has 0 amide bonds. The molecule has 0 spiro atoms. The Morgan fingerprint density at radius 3 is 2.42 bits per heavy atom. The van der Waals surface area contributed by atoms with Gasteiger partial charge in [-0.1, -0.05) is 0 Å². The maximum atomic E-state index is 12.9. The summed E-state index contributed by atoms with van der Waals surface area (Å²) in [7, 11) is 0. The maximum absolute atomic E-state index is 12.9. The van der Waals surface area contributed by atoms with E-state index in [-0.39, 0.29) is 26.1 Å². The van der Waals surface area contributed by atoms with Crippen LogP contribution in [0.2, 0.25) is 0 Å². The van der Waals surface area contributed by atoms with Crippen LogP contribution in [0.4, 0.5) is 4.39 Å². The minimum Gasteiger partial charge on any atom is -0.479 e. The highest BCUT2D eigenvalue weighted by molar-refractivity contribution is 5.73. The Hall–Kier alpha value is -0.680. The highest BCUT2D eigenvalue weighted by Gasteiger charge is 2.43. The lowest BCUT2D eigenvalue weighted by Crippen LogP contribution is -2.48. The number of ether oxygens (including phenoxy) is 1. The van der Waals surface area contributed by atoms with Crippen LogP contribution < -0.4 is 0 Å². The molecule has 1 heterocycles. The van der Waals surface area contributed by atoms with Crippen molar-refractivity contribution in [3.05, 3.63) is 0 Å². The molecule has 1 aliphatic heterocycles. The largest absolute Gasteiger partial charge is 0.479 e. The van der Waals surface area contributed by atoms with Crippen LogP contribution >= 0.6 is 0 Å². The predicted octanol–water partition coefficient (Wildman–Crippen LogP) is -0.0494. The number of alkyl halides is 1. The normalized spacial score (nSPS) is 24.8. The van der Waals surface area contributed by atoms with Gasteiger partial charge in [-0.2, -0.15) is 0 Å². The number of hydrogen-bond acceptors (Lipinski definition) is 3. The molecular formula is C7H11FO4. The van der Waals surface area contributed by atoms with E-state index >= 15 is 0 Å². The van der Waals surface area contributed by atoms with E-state index in [1.807, 2.05) is 0 Å². The first kappa shape index (κ1) is 9.41.